The molecule has 1 aliphatic carbocycles. The molecule has 6 rings (SSSR count). The molecule has 1 amide bonds. The van der Waals surface area contributed by atoms with Crippen LogP contribution in [0.25, 0.3) is 33.3 Å². The Balaban J connectivity index is 1.58. The number of hydrogen-bond acceptors (Lipinski definition) is 4. The summed E-state index contributed by atoms with van der Waals surface area (Å²) in [4.78, 5) is 25.4. The number of nitrogens with one attached hydrogen (secondary N) is 1. The van der Waals surface area contributed by atoms with Gasteiger partial charge in [0.25, 0.3) is 5.91 Å². The Morgan fingerprint density at radius 1 is 0.848 bits per heavy atom. The van der Waals surface area contributed by atoms with Gasteiger partial charge in [-0.15, -0.1) is 0 Å². The molecular weight excluding hydrogens is 421 g/mol. The molecule has 5 aromatic rings. The van der Waals surface area contributed by atoms with Crippen LogP contribution in [0.3, 0.4) is 0 Å². The third-order valence-corrected chi connectivity index (χ3v) is 6.15. The average molecular weight is 439 g/mol. The molecule has 33 heavy (non-hydrogen) atoms. The van der Waals surface area contributed by atoms with E-state index < -0.39 is 17.3 Å². The van der Waals surface area contributed by atoms with Gasteiger partial charge in [-0.2, -0.15) is 0 Å². The Hall–Kier alpha value is -4.19. The Morgan fingerprint density at radius 2 is 1.61 bits per heavy atom. The lowest BCUT2D eigenvalue weighted by Crippen LogP contribution is -2.14. The first-order chi connectivity index (χ1) is 16.1. The fraction of sp³-hybridized carbons (Fsp3) is 0.111. The number of aryl methyl sites for hydroxylation is 2. The second-order valence-corrected chi connectivity index (χ2v) is 8.19. The van der Waals surface area contributed by atoms with Crippen molar-refractivity contribution in [3.05, 3.63) is 99.7 Å². The van der Waals surface area contributed by atoms with Gasteiger partial charge in [-0.3, -0.25) is 4.79 Å². The maximum atomic E-state index is 14.3. The van der Waals surface area contributed by atoms with E-state index in [2.05, 4.69) is 5.32 Å². The molecule has 1 N–H and O–H groups in total. The number of hydrogen-bond donors (Lipinski definition) is 1. The molecule has 0 saturated heterocycles. The summed E-state index contributed by atoms with van der Waals surface area (Å²) in [5.74, 6) is -0.892. The Bertz CT molecular complexity index is 1630. The molecule has 0 aliphatic heterocycles. The first kappa shape index (κ1) is 19.5. The number of para-hydroxylation sites is 1. The van der Waals surface area contributed by atoms with E-state index in [1.54, 1.807) is 12.1 Å². The van der Waals surface area contributed by atoms with E-state index in [0.717, 1.165) is 24.6 Å². The van der Waals surface area contributed by atoms with Gasteiger partial charge in [-0.25, -0.2) is 9.18 Å². The first-order valence-electron chi connectivity index (χ1n) is 10.8. The average Bonchev–Trinajstić information content (AvgIpc) is 3.41. The van der Waals surface area contributed by atoms with Crippen LogP contribution >= 0.6 is 0 Å². The summed E-state index contributed by atoms with van der Waals surface area (Å²) in [6.45, 7) is 0. The largest absolute Gasteiger partial charge is 0.454 e. The van der Waals surface area contributed by atoms with Crippen molar-refractivity contribution in [1.29, 1.82) is 0 Å². The maximum absolute atomic E-state index is 14.3. The summed E-state index contributed by atoms with van der Waals surface area (Å²) in [7, 11) is 0. The lowest BCUT2D eigenvalue weighted by molar-refractivity contribution is 0.102. The molecular formula is C27H18FNO4. The molecule has 0 radical (unpaired) electrons. The first-order valence-corrected chi connectivity index (χ1v) is 10.8. The molecule has 0 spiro atoms. The highest BCUT2D eigenvalue weighted by Gasteiger charge is 2.23. The number of carbonyl (C=O) groups is 1. The number of rotatable bonds is 3. The van der Waals surface area contributed by atoms with Crippen LogP contribution in [0.1, 0.15) is 27.9 Å². The molecule has 2 heterocycles. The standard InChI is InChI=1S/C27H18FNO4/c28-21-10-3-1-8-17(21)27(31)29-25-18-9-2-4-11-22(18)33-26(25)20-14-24(30)32-23-13-16-7-5-6-15(16)12-19(20)23/h1-4,8-14H,5-7H2,(H,29,31). The monoisotopic (exact) mass is 439 g/mol. The number of carbonyl (C=O) groups excluding carboxylic acids is 1. The van der Waals surface area contributed by atoms with Gasteiger partial charge in [0.1, 0.15) is 17.0 Å². The predicted molar refractivity (Wildman–Crippen MR) is 124 cm³/mol. The van der Waals surface area contributed by atoms with Crippen molar-refractivity contribution in [1.82, 2.24) is 0 Å². The molecule has 2 aromatic heterocycles. The van der Waals surface area contributed by atoms with E-state index in [4.69, 9.17) is 8.83 Å². The lowest BCUT2D eigenvalue weighted by atomic mass is 10.0. The maximum Gasteiger partial charge on any atom is 0.336 e. The second-order valence-electron chi connectivity index (χ2n) is 8.19. The van der Waals surface area contributed by atoms with E-state index in [-0.39, 0.29) is 5.56 Å². The van der Waals surface area contributed by atoms with Crippen LogP contribution in [-0.4, -0.2) is 5.91 Å². The number of amides is 1. The minimum absolute atomic E-state index is 0.0796. The van der Waals surface area contributed by atoms with Gasteiger partial charge < -0.3 is 14.2 Å². The summed E-state index contributed by atoms with van der Waals surface area (Å²) in [6, 6.07) is 18.3. The fourth-order valence-electron chi connectivity index (χ4n) is 4.60. The molecule has 5 nitrogen and oxygen atoms in total. The van der Waals surface area contributed by atoms with Crippen LogP contribution in [0.4, 0.5) is 10.1 Å². The SMILES string of the molecule is O=C(Nc1c(-c2cc(=O)oc3cc4c(cc23)CCC4)oc2ccccc12)c1ccccc1F. The highest BCUT2D eigenvalue weighted by molar-refractivity contribution is 6.13. The molecule has 0 bridgehead atoms. The summed E-state index contributed by atoms with van der Waals surface area (Å²) in [5.41, 5.74) is 3.73. The fourth-order valence-corrected chi connectivity index (χ4v) is 4.60. The molecule has 162 valence electrons. The van der Waals surface area contributed by atoms with Crippen molar-refractivity contribution in [2.45, 2.75) is 19.3 Å². The van der Waals surface area contributed by atoms with Gasteiger partial charge in [0.15, 0.2) is 5.76 Å². The van der Waals surface area contributed by atoms with Crippen LogP contribution in [0.2, 0.25) is 0 Å². The minimum atomic E-state index is -0.620. The minimum Gasteiger partial charge on any atom is -0.454 e. The Kier molecular flexibility index (Phi) is 4.40. The van der Waals surface area contributed by atoms with Gasteiger partial charge in [-0.1, -0.05) is 24.3 Å². The topological polar surface area (TPSA) is 72.5 Å². The molecule has 6 heteroatoms. The lowest BCUT2D eigenvalue weighted by Gasteiger charge is -2.10. The van der Waals surface area contributed by atoms with E-state index >= 15 is 0 Å². The molecule has 0 saturated carbocycles. The van der Waals surface area contributed by atoms with Gasteiger partial charge in [0, 0.05) is 22.4 Å². The third-order valence-electron chi connectivity index (χ3n) is 6.15. The normalized spacial score (nSPS) is 12.9. The van der Waals surface area contributed by atoms with E-state index in [1.165, 1.54) is 35.4 Å². The van der Waals surface area contributed by atoms with Gasteiger partial charge in [0.2, 0.25) is 0 Å². The van der Waals surface area contributed by atoms with Gasteiger partial charge >= 0.3 is 5.63 Å². The van der Waals surface area contributed by atoms with Crippen LogP contribution in [0.5, 0.6) is 0 Å². The zero-order chi connectivity index (χ0) is 22.5. The number of anilines is 1. The van der Waals surface area contributed by atoms with Crippen molar-refractivity contribution in [2.75, 3.05) is 5.32 Å². The summed E-state index contributed by atoms with van der Waals surface area (Å²) in [6.07, 6.45) is 2.97. The van der Waals surface area contributed by atoms with Crippen LogP contribution in [0.15, 0.2) is 80.4 Å². The quantitative estimate of drug-likeness (QED) is 0.346. The van der Waals surface area contributed by atoms with Crippen molar-refractivity contribution >= 4 is 33.5 Å². The zero-order valence-electron chi connectivity index (χ0n) is 17.5. The number of fused-ring (bicyclic) bond motifs is 3. The van der Waals surface area contributed by atoms with Crippen LogP contribution in [0, 0.1) is 5.82 Å². The molecule has 0 atom stereocenters. The predicted octanol–water partition coefficient (Wildman–Crippen LogP) is 6.09. The Labute approximate surface area is 187 Å². The highest BCUT2D eigenvalue weighted by atomic mass is 19.1. The third kappa shape index (κ3) is 3.22. The molecule has 0 unspecified atom stereocenters. The highest BCUT2D eigenvalue weighted by Crippen LogP contribution is 2.41. The van der Waals surface area contributed by atoms with Crippen molar-refractivity contribution < 1.29 is 18.0 Å². The second kappa shape index (κ2) is 7.45. The van der Waals surface area contributed by atoms with E-state index in [0.29, 0.717) is 33.6 Å². The number of furan rings is 1. The summed E-state index contributed by atoms with van der Waals surface area (Å²) < 4.78 is 25.9. The van der Waals surface area contributed by atoms with Crippen molar-refractivity contribution in [3.63, 3.8) is 0 Å². The van der Waals surface area contributed by atoms with Crippen LogP contribution < -0.4 is 10.9 Å². The van der Waals surface area contributed by atoms with Crippen LogP contribution in [-0.2, 0) is 12.8 Å². The molecule has 3 aromatic carbocycles. The van der Waals surface area contributed by atoms with Gasteiger partial charge in [-0.05, 0) is 66.8 Å². The van der Waals surface area contributed by atoms with E-state index in [1.807, 2.05) is 30.3 Å². The number of halogens is 1. The van der Waals surface area contributed by atoms with Crippen molar-refractivity contribution in [3.8, 4) is 11.3 Å². The number of benzene rings is 3. The summed E-state index contributed by atoms with van der Waals surface area (Å²) >= 11 is 0. The zero-order valence-corrected chi connectivity index (χ0v) is 17.5. The van der Waals surface area contributed by atoms with Gasteiger partial charge in [0.05, 0.1) is 11.3 Å². The van der Waals surface area contributed by atoms with E-state index in [9.17, 15) is 14.0 Å². The molecule has 0 fully saturated rings. The Morgan fingerprint density at radius 3 is 2.45 bits per heavy atom. The molecule has 1 aliphatic rings. The summed E-state index contributed by atoms with van der Waals surface area (Å²) in [5, 5.41) is 4.20. The van der Waals surface area contributed by atoms with Crippen molar-refractivity contribution in [2.24, 2.45) is 0 Å². The smallest absolute Gasteiger partial charge is 0.336 e.